The first kappa shape index (κ1) is 23.1. The molecule has 0 spiro atoms. The molecule has 0 atom stereocenters. The van der Waals surface area contributed by atoms with Crippen LogP contribution in [0.4, 0.5) is 5.69 Å². The Morgan fingerprint density at radius 1 is 1.06 bits per heavy atom. The molecule has 0 bridgehead atoms. The molecule has 1 amide bonds. The second-order valence-corrected chi connectivity index (χ2v) is 10.1. The van der Waals surface area contributed by atoms with Crippen molar-refractivity contribution in [2.75, 3.05) is 5.32 Å². The van der Waals surface area contributed by atoms with E-state index in [0.29, 0.717) is 42.6 Å². The summed E-state index contributed by atoms with van der Waals surface area (Å²) in [7, 11) is 0. The highest BCUT2D eigenvalue weighted by Crippen LogP contribution is 2.37. The highest BCUT2D eigenvalue weighted by molar-refractivity contribution is 7.80. The van der Waals surface area contributed by atoms with E-state index >= 15 is 0 Å². The summed E-state index contributed by atoms with van der Waals surface area (Å²) < 4.78 is 6.72. The molecule has 3 aromatic carbocycles. The third-order valence-electron chi connectivity index (χ3n) is 5.19. The molecular weight excluding hydrogens is 533 g/mol. The topological polar surface area (TPSA) is 67.2 Å². The molecule has 0 unspecified atom stereocenters. The molecule has 10 heteroatoms. The van der Waals surface area contributed by atoms with Crippen LogP contribution < -0.4 is 10.6 Å². The van der Waals surface area contributed by atoms with Gasteiger partial charge in [-0.2, -0.15) is 0 Å². The molecular formula is C24H14Cl3N3O2S2. The molecule has 2 N–H and O–H groups in total. The Hall–Kier alpha value is -2.68. The van der Waals surface area contributed by atoms with E-state index in [1.54, 1.807) is 36.4 Å². The van der Waals surface area contributed by atoms with E-state index in [4.69, 9.17) is 51.4 Å². The van der Waals surface area contributed by atoms with E-state index in [9.17, 15) is 4.79 Å². The SMILES string of the molecule is Cc1c(NC(=S)NC(=O)c2sc3cc(Cl)ccc3c2Cl)cccc1-c1nc2cc(Cl)ccc2o1. The number of aromatic nitrogens is 1. The van der Waals surface area contributed by atoms with E-state index in [1.807, 2.05) is 25.1 Å². The number of hydrogen-bond acceptors (Lipinski definition) is 5. The van der Waals surface area contributed by atoms with Crippen molar-refractivity contribution in [3.8, 4) is 11.5 Å². The second kappa shape index (κ2) is 9.17. The van der Waals surface area contributed by atoms with Gasteiger partial charge in [0.1, 0.15) is 10.4 Å². The summed E-state index contributed by atoms with van der Waals surface area (Å²) in [6.45, 7) is 1.91. The molecule has 0 aliphatic rings. The third kappa shape index (κ3) is 4.37. The normalized spacial score (nSPS) is 11.2. The van der Waals surface area contributed by atoms with Gasteiger partial charge in [0, 0.05) is 31.4 Å². The minimum Gasteiger partial charge on any atom is -0.436 e. The minimum atomic E-state index is -0.399. The molecule has 170 valence electrons. The average Bonchev–Trinajstić information content (AvgIpc) is 3.35. The van der Waals surface area contributed by atoms with Gasteiger partial charge < -0.3 is 9.73 Å². The number of halogens is 3. The summed E-state index contributed by atoms with van der Waals surface area (Å²) in [6, 6.07) is 16.2. The molecule has 2 heterocycles. The Bertz CT molecular complexity index is 1610. The first-order valence-corrected chi connectivity index (χ1v) is 12.3. The number of carbonyl (C=O) groups is 1. The Morgan fingerprint density at radius 2 is 1.82 bits per heavy atom. The molecule has 0 aliphatic heterocycles. The number of thiophene rings is 1. The molecule has 0 saturated heterocycles. The Labute approximate surface area is 218 Å². The van der Waals surface area contributed by atoms with Crippen LogP contribution in [0.3, 0.4) is 0 Å². The first-order chi connectivity index (χ1) is 16.3. The van der Waals surface area contributed by atoms with E-state index in [0.717, 1.165) is 21.2 Å². The number of hydrogen-bond donors (Lipinski definition) is 2. The lowest BCUT2D eigenvalue weighted by molar-refractivity contribution is 0.0982. The van der Waals surface area contributed by atoms with E-state index in [2.05, 4.69) is 15.6 Å². The number of rotatable bonds is 3. The Morgan fingerprint density at radius 3 is 2.65 bits per heavy atom. The molecule has 34 heavy (non-hydrogen) atoms. The largest absolute Gasteiger partial charge is 0.436 e. The fourth-order valence-corrected chi connectivity index (χ4v) is 5.57. The van der Waals surface area contributed by atoms with Crippen LogP contribution in [0.25, 0.3) is 32.6 Å². The molecule has 0 saturated carbocycles. The number of anilines is 1. The fourth-order valence-electron chi connectivity index (χ4n) is 3.52. The van der Waals surface area contributed by atoms with Crippen LogP contribution in [0, 0.1) is 6.92 Å². The van der Waals surface area contributed by atoms with E-state index in [1.165, 1.54) is 11.3 Å². The van der Waals surface area contributed by atoms with Crippen molar-refractivity contribution in [2.45, 2.75) is 6.92 Å². The smallest absolute Gasteiger partial charge is 0.269 e. The van der Waals surface area contributed by atoms with Crippen LogP contribution in [-0.4, -0.2) is 16.0 Å². The van der Waals surface area contributed by atoms with Crippen LogP contribution in [0.15, 0.2) is 59.0 Å². The van der Waals surface area contributed by atoms with E-state index < -0.39 is 5.91 Å². The van der Waals surface area contributed by atoms with Crippen molar-refractivity contribution in [3.05, 3.63) is 80.1 Å². The van der Waals surface area contributed by atoms with Crippen molar-refractivity contribution < 1.29 is 9.21 Å². The zero-order valence-electron chi connectivity index (χ0n) is 17.4. The monoisotopic (exact) mass is 545 g/mol. The number of fused-ring (bicyclic) bond motifs is 2. The summed E-state index contributed by atoms with van der Waals surface area (Å²) in [4.78, 5) is 17.7. The Kier molecular flexibility index (Phi) is 6.22. The quantitative estimate of drug-likeness (QED) is 0.224. The van der Waals surface area contributed by atoms with Crippen molar-refractivity contribution >= 4 is 96.3 Å². The number of nitrogens with zero attached hydrogens (tertiary/aromatic N) is 1. The lowest BCUT2D eigenvalue weighted by atomic mass is 10.1. The molecule has 2 aromatic heterocycles. The van der Waals surface area contributed by atoms with Crippen molar-refractivity contribution in [3.63, 3.8) is 0 Å². The van der Waals surface area contributed by atoms with Gasteiger partial charge in [-0.3, -0.25) is 10.1 Å². The average molecular weight is 547 g/mol. The molecule has 0 aliphatic carbocycles. The van der Waals surface area contributed by atoms with Crippen molar-refractivity contribution in [2.24, 2.45) is 0 Å². The summed E-state index contributed by atoms with van der Waals surface area (Å²) in [5, 5.41) is 8.21. The molecule has 0 fully saturated rings. The zero-order chi connectivity index (χ0) is 24.0. The van der Waals surface area contributed by atoms with Gasteiger partial charge in [-0.1, -0.05) is 46.9 Å². The van der Waals surface area contributed by atoms with Gasteiger partial charge in [-0.05, 0) is 67.2 Å². The number of amides is 1. The Balaban J connectivity index is 1.37. The maximum absolute atomic E-state index is 12.8. The summed E-state index contributed by atoms with van der Waals surface area (Å²) in [5.41, 5.74) is 3.66. The maximum atomic E-state index is 12.8. The van der Waals surface area contributed by atoms with Gasteiger partial charge in [0.2, 0.25) is 5.89 Å². The molecule has 0 radical (unpaired) electrons. The standard InChI is InChI=1S/C24H14Cl3N3O2S2/c1-11-14(23-28-17-9-12(25)6-8-18(17)32-23)3-2-4-16(11)29-24(33)30-22(31)21-20(27)15-7-5-13(26)10-19(15)34-21/h2-10H,1H3,(H2,29,30,31,33). The fraction of sp³-hybridized carbons (Fsp3) is 0.0417. The van der Waals surface area contributed by atoms with Gasteiger partial charge >= 0.3 is 0 Å². The van der Waals surface area contributed by atoms with Crippen LogP contribution >= 0.6 is 58.4 Å². The van der Waals surface area contributed by atoms with Gasteiger partial charge in [0.15, 0.2) is 10.7 Å². The number of thiocarbonyl (C=S) groups is 1. The van der Waals surface area contributed by atoms with E-state index in [-0.39, 0.29) is 5.11 Å². The second-order valence-electron chi connectivity index (χ2n) is 7.40. The van der Waals surface area contributed by atoms with Gasteiger partial charge in [0.25, 0.3) is 5.91 Å². The lowest BCUT2D eigenvalue weighted by Gasteiger charge is -2.13. The number of oxazole rings is 1. The predicted octanol–water partition coefficient (Wildman–Crippen LogP) is 8.10. The van der Waals surface area contributed by atoms with Gasteiger partial charge in [-0.15, -0.1) is 11.3 Å². The van der Waals surface area contributed by atoms with Gasteiger partial charge in [0.05, 0.1) is 5.02 Å². The van der Waals surface area contributed by atoms with Crippen LogP contribution in [0.1, 0.15) is 15.2 Å². The van der Waals surface area contributed by atoms with Crippen LogP contribution in [0.2, 0.25) is 15.1 Å². The van der Waals surface area contributed by atoms with Crippen LogP contribution in [0.5, 0.6) is 0 Å². The summed E-state index contributed by atoms with van der Waals surface area (Å²) >= 11 is 25.2. The molecule has 5 aromatic rings. The zero-order valence-corrected chi connectivity index (χ0v) is 21.3. The van der Waals surface area contributed by atoms with Crippen LogP contribution in [-0.2, 0) is 0 Å². The highest BCUT2D eigenvalue weighted by atomic mass is 35.5. The highest BCUT2D eigenvalue weighted by Gasteiger charge is 2.19. The van der Waals surface area contributed by atoms with Crippen molar-refractivity contribution in [1.29, 1.82) is 0 Å². The number of carbonyl (C=O) groups excluding carboxylic acids is 1. The molecule has 5 rings (SSSR count). The number of nitrogens with one attached hydrogen (secondary N) is 2. The third-order valence-corrected chi connectivity index (χ3v) is 7.52. The van der Waals surface area contributed by atoms with Gasteiger partial charge in [-0.25, -0.2) is 4.98 Å². The maximum Gasteiger partial charge on any atom is 0.269 e. The summed E-state index contributed by atoms with van der Waals surface area (Å²) in [6.07, 6.45) is 0. The minimum absolute atomic E-state index is 0.140. The predicted molar refractivity (Wildman–Crippen MR) is 145 cm³/mol. The lowest BCUT2D eigenvalue weighted by Crippen LogP contribution is -2.34. The number of benzene rings is 3. The first-order valence-electron chi connectivity index (χ1n) is 9.96. The molecule has 5 nitrogen and oxygen atoms in total. The summed E-state index contributed by atoms with van der Waals surface area (Å²) in [5.74, 6) is 0.0635. The van der Waals surface area contributed by atoms with Crippen molar-refractivity contribution in [1.82, 2.24) is 10.3 Å².